The molecule has 2 rings (SSSR count). The normalized spacial score (nSPS) is 31.8. The second-order valence-corrected chi connectivity index (χ2v) is 5.15. The highest BCUT2D eigenvalue weighted by Gasteiger charge is 2.36. The van der Waals surface area contributed by atoms with E-state index >= 15 is 0 Å². The summed E-state index contributed by atoms with van der Waals surface area (Å²) in [7, 11) is 1.89. The molecule has 2 saturated heterocycles. The van der Waals surface area contributed by atoms with Crippen LogP contribution >= 0.6 is 0 Å². The molecule has 1 amide bonds. The molecule has 2 fully saturated rings. The van der Waals surface area contributed by atoms with Crippen molar-refractivity contribution in [2.45, 2.75) is 19.4 Å². The number of rotatable bonds is 5. The zero-order valence-electron chi connectivity index (χ0n) is 11.4. The Kier molecular flexibility index (Phi) is 4.97. The SMILES string of the molecule is CCN(CC1CCOC1)C(=O)C1COCC1NC. The van der Waals surface area contributed by atoms with E-state index < -0.39 is 0 Å². The molecular weight excluding hydrogens is 232 g/mol. The lowest BCUT2D eigenvalue weighted by atomic mass is 10.0. The molecule has 0 radical (unpaired) electrons. The summed E-state index contributed by atoms with van der Waals surface area (Å²) in [5.74, 6) is 0.697. The van der Waals surface area contributed by atoms with Crippen molar-refractivity contribution in [3.8, 4) is 0 Å². The Morgan fingerprint density at radius 3 is 2.78 bits per heavy atom. The lowest BCUT2D eigenvalue weighted by molar-refractivity contribution is -0.136. The first-order valence-corrected chi connectivity index (χ1v) is 6.87. The van der Waals surface area contributed by atoms with E-state index in [4.69, 9.17) is 9.47 Å². The molecule has 0 aromatic rings. The number of hydrogen-bond acceptors (Lipinski definition) is 4. The van der Waals surface area contributed by atoms with E-state index in [-0.39, 0.29) is 17.9 Å². The Morgan fingerprint density at radius 2 is 2.17 bits per heavy atom. The highest BCUT2D eigenvalue weighted by molar-refractivity contribution is 5.80. The Morgan fingerprint density at radius 1 is 1.33 bits per heavy atom. The van der Waals surface area contributed by atoms with Gasteiger partial charge in [0.1, 0.15) is 0 Å². The van der Waals surface area contributed by atoms with E-state index in [2.05, 4.69) is 5.32 Å². The molecule has 18 heavy (non-hydrogen) atoms. The summed E-state index contributed by atoms with van der Waals surface area (Å²) < 4.78 is 10.8. The molecular formula is C13H24N2O3. The second kappa shape index (κ2) is 6.50. The van der Waals surface area contributed by atoms with Gasteiger partial charge >= 0.3 is 0 Å². The van der Waals surface area contributed by atoms with Gasteiger partial charge in [-0.1, -0.05) is 0 Å². The van der Waals surface area contributed by atoms with Crippen molar-refractivity contribution < 1.29 is 14.3 Å². The van der Waals surface area contributed by atoms with Crippen molar-refractivity contribution in [2.24, 2.45) is 11.8 Å². The van der Waals surface area contributed by atoms with Crippen molar-refractivity contribution in [3.63, 3.8) is 0 Å². The molecule has 2 aliphatic rings. The first-order chi connectivity index (χ1) is 8.76. The lowest BCUT2D eigenvalue weighted by Gasteiger charge is -2.28. The zero-order chi connectivity index (χ0) is 13.0. The van der Waals surface area contributed by atoms with Gasteiger partial charge in [0.2, 0.25) is 5.91 Å². The average molecular weight is 256 g/mol. The monoisotopic (exact) mass is 256 g/mol. The fourth-order valence-corrected chi connectivity index (χ4v) is 2.73. The van der Waals surface area contributed by atoms with E-state index in [0.29, 0.717) is 19.1 Å². The predicted octanol–water partition coefficient (Wildman–Crippen LogP) is 0.106. The Labute approximate surface area is 109 Å². The second-order valence-electron chi connectivity index (χ2n) is 5.15. The van der Waals surface area contributed by atoms with Crippen molar-refractivity contribution in [1.29, 1.82) is 0 Å². The van der Waals surface area contributed by atoms with E-state index in [1.54, 1.807) is 0 Å². The number of nitrogens with zero attached hydrogens (tertiary/aromatic N) is 1. The minimum Gasteiger partial charge on any atom is -0.381 e. The molecule has 0 aromatic carbocycles. The van der Waals surface area contributed by atoms with E-state index in [0.717, 1.165) is 32.7 Å². The molecule has 0 bridgehead atoms. The van der Waals surface area contributed by atoms with Crippen LogP contribution in [0.15, 0.2) is 0 Å². The summed E-state index contributed by atoms with van der Waals surface area (Å²) in [4.78, 5) is 14.5. The van der Waals surface area contributed by atoms with E-state index in [1.165, 1.54) is 0 Å². The maximum Gasteiger partial charge on any atom is 0.229 e. The van der Waals surface area contributed by atoms with Gasteiger partial charge in [0.25, 0.3) is 0 Å². The molecule has 2 heterocycles. The molecule has 0 spiro atoms. The summed E-state index contributed by atoms with van der Waals surface area (Å²) in [5, 5.41) is 3.17. The van der Waals surface area contributed by atoms with Crippen LogP contribution in [0.3, 0.4) is 0 Å². The Bertz CT molecular complexity index is 279. The van der Waals surface area contributed by atoms with E-state index in [9.17, 15) is 4.79 Å². The number of likely N-dealkylation sites (N-methyl/N-ethyl adjacent to an activating group) is 1. The Balaban J connectivity index is 1.91. The van der Waals surface area contributed by atoms with Crippen LogP contribution in [-0.4, -0.2) is 63.4 Å². The third kappa shape index (κ3) is 3.02. The number of hydrogen-bond donors (Lipinski definition) is 1. The smallest absolute Gasteiger partial charge is 0.229 e. The van der Waals surface area contributed by atoms with Crippen molar-refractivity contribution in [2.75, 3.05) is 46.6 Å². The van der Waals surface area contributed by atoms with Crippen molar-refractivity contribution >= 4 is 5.91 Å². The highest BCUT2D eigenvalue weighted by atomic mass is 16.5. The van der Waals surface area contributed by atoms with Gasteiger partial charge in [-0.3, -0.25) is 4.79 Å². The van der Waals surface area contributed by atoms with E-state index in [1.807, 2.05) is 18.9 Å². The van der Waals surface area contributed by atoms with Crippen LogP contribution < -0.4 is 5.32 Å². The van der Waals surface area contributed by atoms with Crippen LogP contribution in [0.4, 0.5) is 0 Å². The van der Waals surface area contributed by atoms with Gasteiger partial charge in [-0.05, 0) is 20.4 Å². The van der Waals surface area contributed by atoms with Gasteiger partial charge in [-0.2, -0.15) is 0 Å². The van der Waals surface area contributed by atoms with Gasteiger partial charge in [0, 0.05) is 31.7 Å². The first-order valence-electron chi connectivity index (χ1n) is 6.87. The average Bonchev–Trinajstić information content (AvgIpc) is 3.05. The van der Waals surface area contributed by atoms with Gasteiger partial charge in [-0.25, -0.2) is 0 Å². The molecule has 1 N–H and O–H groups in total. The van der Waals surface area contributed by atoms with Crippen LogP contribution in [0.1, 0.15) is 13.3 Å². The van der Waals surface area contributed by atoms with Gasteiger partial charge < -0.3 is 19.7 Å². The van der Waals surface area contributed by atoms with Gasteiger partial charge in [-0.15, -0.1) is 0 Å². The van der Waals surface area contributed by atoms with Crippen LogP contribution in [-0.2, 0) is 14.3 Å². The maximum absolute atomic E-state index is 12.5. The molecule has 0 saturated carbocycles. The third-order valence-corrected chi connectivity index (χ3v) is 3.96. The van der Waals surface area contributed by atoms with Crippen LogP contribution in [0.2, 0.25) is 0 Å². The summed E-state index contributed by atoms with van der Waals surface area (Å²) in [5.41, 5.74) is 0. The molecule has 2 aliphatic heterocycles. The van der Waals surface area contributed by atoms with Crippen LogP contribution in [0, 0.1) is 11.8 Å². The number of carbonyl (C=O) groups excluding carboxylic acids is 1. The summed E-state index contributed by atoms with van der Waals surface area (Å²) in [6.07, 6.45) is 1.07. The number of carbonyl (C=O) groups is 1. The fraction of sp³-hybridized carbons (Fsp3) is 0.923. The fourth-order valence-electron chi connectivity index (χ4n) is 2.73. The minimum atomic E-state index is -0.0303. The lowest BCUT2D eigenvalue weighted by Crippen LogP contribution is -2.46. The minimum absolute atomic E-state index is 0.0303. The molecule has 5 heteroatoms. The molecule has 104 valence electrons. The molecule has 5 nitrogen and oxygen atoms in total. The van der Waals surface area contributed by atoms with Crippen LogP contribution in [0.25, 0.3) is 0 Å². The van der Waals surface area contributed by atoms with Crippen molar-refractivity contribution in [3.05, 3.63) is 0 Å². The number of ether oxygens (including phenoxy) is 2. The predicted molar refractivity (Wildman–Crippen MR) is 68.3 cm³/mol. The highest BCUT2D eigenvalue weighted by Crippen LogP contribution is 2.19. The standard InChI is InChI=1S/C13H24N2O3/c1-3-15(6-10-4-5-17-7-10)13(16)11-8-18-9-12(11)14-2/h10-12,14H,3-9H2,1-2H3. The molecule has 0 aromatic heterocycles. The topological polar surface area (TPSA) is 50.8 Å². The maximum atomic E-state index is 12.5. The number of nitrogens with one attached hydrogen (secondary N) is 1. The summed E-state index contributed by atoms with van der Waals surface area (Å²) in [6, 6.07) is 0.159. The molecule has 3 unspecified atom stereocenters. The zero-order valence-corrected chi connectivity index (χ0v) is 11.4. The third-order valence-electron chi connectivity index (χ3n) is 3.96. The van der Waals surface area contributed by atoms with Crippen LogP contribution in [0.5, 0.6) is 0 Å². The molecule has 0 aliphatic carbocycles. The quantitative estimate of drug-likeness (QED) is 0.758. The van der Waals surface area contributed by atoms with Gasteiger partial charge in [0.05, 0.1) is 25.7 Å². The molecule has 3 atom stereocenters. The van der Waals surface area contributed by atoms with Gasteiger partial charge in [0.15, 0.2) is 0 Å². The van der Waals surface area contributed by atoms with Crippen molar-refractivity contribution in [1.82, 2.24) is 10.2 Å². The number of amides is 1. The first kappa shape index (κ1) is 13.8. The summed E-state index contributed by atoms with van der Waals surface area (Å²) >= 11 is 0. The largest absolute Gasteiger partial charge is 0.381 e. The summed E-state index contributed by atoms with van der Waals surface area (Å²) in [6.45, 7) is 6.43. The Hall–Kier alpha value is -0.650.